The zero-order valence-electron chi connectivity index (χ0n) is 29.2. The topological polar surface area (TPSA) is 96.2 Å². The lowest BCUT2D eigenvalue weighted by atomic mass is 9.77. The molecule has 0 fully saturated rings. The number of allylic oxidation sites excluding steroid dienone is 5. The maximum absolute atomic E-state index is 13.9. The number of hydrogen-bond acceptors (Lipinski definition) is 7. The molecule has 0 spiro atoms. The van der Waals surface area contributed by atoms with Crippen molar-refractivity contribution in [2.24, 2.45) is 0 Å². The highest BCUT2D eigenvalue weighted by molar-refractivity contribution is 6.24. The first-order valence-electron chi connectivity index (χ1n) is 17.1. The average molecular weight is 654 g/mol. The predicted molar refractivity (Wildman–Crippen MR) is 188 cm³/mol. The molecule has 0 atom stereocenters. The van der Waals surface area contributed by atoms with Gasteiger partial charge in [-0.3, -0.25) is 14.4 Å². The molecule has 2 aromatic rings. The molecule has 5 rings (SSSR count). The third kappa shape index (κ3) is 6.62. The van der Waals surface area contributed by atoms with E-state index in [1.165, 1.54) is 22.3 Å². The Morgan fingerprint density at radius 1 is 0.792 bits per heavy atom. The summed E-state index contributed by atoms with van der Waals surface area (Å²) >= 11 is 0. The van der Waals surface area contributed by atoms with Crippen molar-refractivity contribution < 1.29 is 33.5 Å². The van der Waals surface area contributed by atoms with E-state index in [2.05, 4.69) is 87.4 Å². The van der Waals surface area contributed by atoms with Gasteiger partial charge in [-0.05, 0) is 83.6 Å². The van der Waals surface area contributed by atoms with Gasteiger partial charge < -0.3 is 19.5 Å². The van der Waals surface area contributed by atoms with E-state index in [1.54, 1.807) is 0 Å². The second-order valence-corrected chi connectivity index (χ2v) is 14.2. The van der Waals surface area contributed by atoms with Crippen LogP contribution in [0.1, 0.15) is 88.5 Å². The van der Waals surface area contributed by atoms with Gasteiger partial charge in [0.2, 0.25) is 11.5 Å². The molecule has 8 nitrogen and oxygen atoms in total. The summed E-state index contributed by atoms with van der Waals surface area (Å²) in [5.41, 5.74) is 8.89. The van der Waals surface area contributed by atoms with Gasteiger partial charge in [-0.2, -0.15) is 4.58 Å². The van der Waals surface area contributed by atoms with Crippen LogP contribution < -0.4 is 4.90 Å². The van der Waals surface area contributed by atoms with Gasteiger partial charge in [0, 0.05) is 47.5 Å². The first-order chi connectivity index (χ1) is 22.9. The quantitative estimate of drug-likeness (QED) is 0.0875. The molecule has 2 aliphatic heterocycles. The molecule has 254 valence electrons. The fraction of sp³-hybridized carbons (Fsp3) is 0.450. The van der Waals surface area contributed by atoms with E-state index in [1.807, 2.05) is 12.2 Å². The number of carbonyl (C=O) groups excluding carboxylic acids is 3. The van der Waals surface area contributed by atoms with Crippen molar-refractivity contribution >= 4 is 35.8 Å². The number of ketones is 1. The second kappa shape index (κ2) is 14.3. The molecule has 8 heteroatoms. The number of aliphatic hydroxyl groups is 1. The number of hydrogen-bond donors (Lipinski definition) is 1. The summed E-state index contributed by atoms with van der Waals surface area (Å²) in [6.45, 7) is 16.1. The highest BCUT2D eigenvalue weighted by atomic mass is 16.5. The maximum Gasteiger partial charge on any atom is 0.293 e. The summed E-state index contributed by atoms with van der Waals surface area (Å²) in [7, 11) is 0. The van der Waals surface area contributed by atoms with Crippen LogP contribution in [0.25, 0.3) is 0 Å². The van der Waals surface area contributed by atoms with Crippen molar-refractivity contribution in [3.05, 3.63) is 93.4 Å². The molecule has 1 aliphatic carbocycles. The van der Waals surface area contributed by atoms with Crippen LogP contribution in [0.5, 0.6) is 0 Å². The van der Waals surface area contributed by atoms with Gasteiger partial charge in [0.25, 0.3) is 12.9 Å². The fourth-order valence-electron chi connectivity index (χ4n) is 7.32. The average Bonchev–Trinajstić information content (AvgIpc) is 3.39. The number of nitrogens with zero attached hydrogens (tertiary/aromatic N) is 2. The highest BCUT2D eigenvalue weighted by Gasteiger charge is 2.47. The van der Waals surface area contributed by atoms with Gasteiger partial charge in [0.15, 0.2) is 5.71 Å². The third-order valence-electron chi connectivity index (χ3n) is 10.1. The Hall–Kier alpha value is -4.46. The van der Waals surface area contributed by atoms with Crippen molar-refractivity contribution in [2.45, 2.75) is 90.9 Å². The summed E-state index contributed by atoms with van der Waals surface area (Å²) in [5, 5.41) is 11.5. The normalized spacial score (nSPS) is 19.1. The Morgan fingerprint density at radius 2 is 1.42 bits per heavy atom. The molecule has 48 heavy (non-hydrogen) atoms. The van der Waals surface area contributed by atoms with Gasteiger partial charge in [-0.1, -0.05) is 43.2 Å². The lowest BCUT2D eigenvalue weighted by Gasteiger charge is -2.29. The van der Waals surface area contributed by atoms with Gasteiger partial charge in [-0.25, -0.2) is 0 Å². The standard InChI is InChI=1S/C40H48N2O6/c1-27-13-15-33-31(21-27)39(3,4)35(41(33)17-9-7-11-19-47-25-43)23-29-37(45)30(38(29)46)24-36-40(5,6)32-22-28(2)14-16-34(32)42(36)18-10-8-12-20-48-26-44/h13-16,21-26H,7-12,17-20H2,1-6H3/p+1. The Kier molecular flexibility index (Phi) is 10.4. The molecule has 0 aromatic heterocycles. The van der Waals surface area contributed by atoms with Crippen LogP contribution in [0.3, 0.4) is 0 Å². The molecule has 2 heterocycles. The molecule has 0 unspecified atom stereocenters. The molecule has 0 amide bonds. The van der Waals surface area contributed by atoms with Crippen LogP contribution in [0.2, 0.25) is 0 Å². The lowest BCUT2D eigenvalue weighted by Crippen LogP contribution is -2.32. The van der Waals surface area contributed by atoms with Crippen molar-refractivity contribution in [1.29, 1.82) is 0 Å². The molecular formula is C40H49N2O6+. The van der Waals surface area contributed by atoms with Crippen molar-refractivity contribution in [1.82, 2.24) is 0 Å². The number of fused-ring (bicyclic) bond motifs is 2. The minimum atomic E-state index is -0.371. The zero-order chi connectivity index (χ0) is 34.6. The van der Waals surface area contributed by atoms with E-state index >= 15 is 0 Å². The molecule has 0 radical (unpaired) electrons. The highest BCUT2D eigenvalue weighted by Crippen LogP contribution is 2.49. The van der Waals surface area contributed by atoms with E-state index < -0.39 is 0 Å². The minimum absolute atomic E-state index is 0.0304. The van der Waals surface area contributed by atoms with E-state index in [0.29, 0.717) is 37.3 Å². The third-order valence-corrected chi connectivity index (χ3v) is 10.1. The summed E-state index contributed by atoms with van der Waals surface area (Å²) in [5.74, 6) is -0.127. The van der Waals surface area contributed by atoms with Crippen LogP contribution in [0.4, 0.5) is 11.4 Å². The van der Waals surface area contributed by atoms with Crippen LogP contribution >= 0.6 is 0 Å². The number of carbonyl (C=O) groups is 3. The first kappa shape index (κ1) is 34.9. The monoisotopic (exact) mass is 653 g/mol. The van der Waals surface area contributed by atoms with Gasteiger partial charge in [-0.15, -0.1) is 0 Å². The number of aryl methyl sites for hydroxylation is 2. The summed E-state index contributed by atoms with van der Waals surface area (Å²) in [4.78, 5) is 37.2. The molecule has 0 saturated carbocycles. The van der Waals surface area contributed by atoms with Crippen LogP contribution in [-0.4, -0.2) is 60.4 Å². The van der Waals surface area contributed by atoms with E-state index in [4.69, 9.17) is 9.47 Å². The van der Waals surface area contributed by atoms with E-state index in [0.717, 1.165) is 74.4 Å². The molecule has 0 saturated heterocycles. The molecule has 3 aliphatic rings. The molecule has 1 N–H and O–H groups in total. The lowest BCUT2D eigenvalue weighted by molar-refractivity contribution is -0.438. The number of rotatable bonds is 16. The molecule has 0 bridgehead atoms. The number of aliphatic hydroxyl groups excluding tert-OH is 1. The van der Waals surface area contributed by atoms with Crippen molar-refractivity contribution in [3.63, 3.8) is 0 Å². The van der Waals surface area contributed by atoms with Gasteiger partial charge in [0.05, 0.1) is 29.8 Å². The number of Topliss-reactive ketones (excluding diaryl/α,β-unsaturated/α-hetero) is 1. The summed E-state index contributed by atoms with van der Waals surface area (Å²) in [6, 6.07) is 12.9. The Labute approximate surface area is 284 Å². The largest absolute Gasteiger partial charge is 0.506 e. The summed E-state index contributed by atoms with van der Waals surface area (Å²) < 4.78 is 12.0. The van der Waals surface area contributed by atoms with Gasteiger partial charge in [0.1, 0.15) is 12.3 Å². The fourth-order valence-corrected chi connectivity index (χ4v) is 7.32. The van der Waals surface area contributed by atoms with Crippen LogP contribution in [0.15, 0.2) is 71.2 Å². The SMILES string of the molecule is Cc1ccc2c(c1)C(C)(C)C(=CC1=C(O)C(=CC3=[N+](CCCCCOC=O)c4ccc(C)cc4C3(C)C)C1=O)N2CCCCCOC=O. The molecule has 2 aromatic carbocycles. The predicted octanol–water partition coefficient (Wildman–Crippen LogP) is 7.37. The van der Waals surface area contributed by atoms with E-state index in [9.17, 15) is 19.5 Å². The number of anilines is 1. The Morgan fingerprint density at radius 3 is 2.06 bits per heavy atom. The van der Waals surface area contributed by atoms with Crippen molar-refractivity contribution in [2.75, 3.05) is 31.2 Å². The maximum atomic E-state index is 13.9. The Bertz CT molecular complexity index is 1720. The number of unbranched alkanes of at least 4 members (excludes halogenated alkanes) is 4. The van der Waals surface area contributed by atoms with Gasteiger partial charge >= 0.3 is 0 Å². The minimum Gasteiger partial charge on any atom is -0.506 e. The smallest absolute Gasteiger partial charge is 0.293 e. The van der Waals surface area contributed by atoms with Crippen LogP contribution in [-0.2, 0) is 34.7 Å². The number of ether oxygens (including phenoxy) is 2. The summed E-state index contributed by atoms with van der Waals surface area (Å²) in [6.07, 6.45) is 8.94. The number of benzene rings is 2. The zero-order valence-corrected chi connectivity index (χ0v) is 29.2. The van der Waals surface area contributed by atoms with Crippen LogP contribution in [0, 0.1) is 13.8 Å². The molecular weight excluding hydrogens is 604 g/mol. The van der Waals surface area contributed by atoms with Crippen molar-refractivity contribution in [3.8, 4) is 0 Å². The second-order valence-electron chi connectivity index (χ2n) is 14.2. The van der Waals surface area contributed by atoms with E-state index in [-0.39, 0.29) is 22.4 Å². The first-order valence-corrected chi connectivity index (χ1v) is 17.1. The Balaban J connectivity index is 1.47.